The lowest BCUT2D eigenvalue weighted by Crippen LogP contribution is -2.42. The number of hydrogen-bond donors (Lipinski definition) is 1. The molecule has 3 rings (SSSR count). The van der Waals surface area contributed by atoms with Gasteiger partial charge in [0.15, 0.2) is 0 Å². The number of methoxy groups -OCH3 is 1. The van der Waals surface area contributed by atoms with Gasteiger partial charge in [0.05, 0.1) is 7.11 Å². The molecule has 1 heterocycles. The van der Waals surface area contributed by atoms with Crippen molar-refractivity contribution in [3.05, 3.63) is 66.2 Å². The number of nitrogens with one attached hydrogen (secondary N) is 1. The highest BCUT2D eigenvalue weighted by Gasteiger charge is 2.33. The third-order valence-electron chi connectivity index (χ3n) is 4.41. The van der Waals surface area contributed by atoms with E-state index in [0.29, 0.717) is 18.7 Å². The zero-order valence-corrected chi connectivity index (χ0v) is 14.7. The second-order valence-electron chi connectivity index (χ2n) is 6.15. The largest absolute Gasteiger partial charge is 0.497 e. The minimum absolute atomic E-state index is 0.138. The van der Waals surface area contributed by atoms with Gasteiger partial charge in [-0.25, -0.2) is 0 Å². The quantitative estimate of drug-likeness (QED) is 0.842. The Morgan fingerprint density at radius 2 is 1.85 bits per heavy atom. The summed E-state index contributed by atoms with van der Waals surface area (Å²) in [5.41, 5.74) is 1.65. The summed E-state index contributed by atoms with van der Waals surface area (Å²) in [5.74, 6) is 0.432. The highest BCUT2D eigenvalue weighted by atomic mass is 16.5. The first-order chi connectivity index (χ1) is 12.7. The zero-order valence-electron chi connectivity index (χ0n) is 14.7. The second-order valence-corrected chi connectivity index (χ2v) is 6.15. The van der Waals surface area contributed by atoms with Gasteiger partial charge in [-0.1, -0.05) is 30.3 Å². The van der Waals surface area contributed by atoms with Gasteiger partial charge in [0.25, 0.3) is 0 Å². The zero-order chi connectivity index (χ0) is 18.4. The molecule has 2 aromatic carbocycles. The molecule has 2 aromatic rings. The van der Waals surface area contributed by atoms with E-state index in [1.54, 1.807) is 42.4 Å². The number of hydrogen-bond acceptors (Lipinski definition) is 3. The highest BCUT2D eigenvalue weighted by Crippen LogP contribution is 2.21. The van der Waals surface area contributed by atoms with Crippen molar-refractivity contribution in [2.75, 3.05) is 19.0 Å². The molecule has 1 fully saturated rings. The van der Waals surface area contributed by atoms with E-state index in [4.69, 9.17) is 4.74 Å². The van der Waals surface area contributed by atoms with Crippen LogP contribution in [-0.4, -0.2) is 36.4 Å². The molecule has 0 bridgehead atoms. The van der Waals surface area contributed by atoms with Gasteiger partial charge < -0.3 is 15.0 Å². The maximum atomic E-state index is 12.6. The maximum absolute atomic E-state index is 12.6. The van der Waals surface area contributed by atoms with Crippen LogP contribution in [0.5, 0.6) is 5.75 Å². The molecule has 1 atom stereocenters. The molecule has 1 aliphatic heterocycles. The van der Waals surface area contributed by atoms with Crippen molar-refractivity contribution in [3.63, 3.8) is 0 Å². The van der Waals surface area contributed by atoms with Crippen LogP contribution in [0.15, 0.2) is 60.7 Å². The number of rotatable bonds is 5. The lowest BCUT2D eigenvalue weighted by Gasteiger charge is -2.22. The summed E-state index contributed by atoms with van der Waals surface area (Å²) < 4.78 is 5.11. The number of amides is 2. The Morgan fingerprint density at radius 3 is 2.54 bits per heavy atom. The van der Waals surface area contributed by atoms with Gasteiger partial charge in [-0.15, -0.1) is 0 Å². The fourth-order valence-electron chi connectivity index (χ4n) is 3.03. The molecule has 2 amide bonds. The highest BCUT2D eigenvalue weighted by molar-refractivity contribution is 6.00. The summed E-state index contributed by atoms with van der Waals surface area (Å²) in [5, 5.41) is 2.88. The minimum atomic E-state index is -0.440. The molecule has 1 saturated heterocycles. The molecule has 0 spiro atoms. The first kappa shape index (κ1) is 17.7. The molecule has 0 aliphatic carbocycles. The van der Waals surface area contributed by atoms with Gasteiger partial charge >= 0.3 is 0 Å². The van der Waals surface area contributed by atoms with Gasteiger partial charge in [-0.2, -0.15) is 0 Å². The van der Waals surface area contributed by atoms with Gasteiger partial charge in [0.1, 0.15) is 11.8 Å². The van der Waals surface area contributed by atoms with Crippen LogP contribution in [0.4, 0.5) is 5.69 Å². The summed E-state index contributed by atoms with van der Waals surface area (Å²) in [6.07, 6.45) is 4.81. The third-order valence-corrected chi connectivity index (χ3v) is 4.41. The Balaban J connectivity index is 1.63. The van der Waals surface area contributed by atoms with Gasteiger partial charge in [-0.3, -0.25) is 9.59 Å². The van der Waals surface area contributed by atoms with E-state index in [2.05, 4.69) is 5.32 Å². The Labute approximate surface area is 153 Å². The van der Waals surface area contributed by atoms with Crippen molar-refractivity contribution in [1.29, 1.82) is 0 Å². The van der Waals surface area contributed by atoms with Crippen LogP contribution in [0.1, 0.15) is 18.4 Å². The molecule has 0 aromatic heterocycles. The van der Waals surface area contributed by atoms with E-state index in [-0.39, 0.29) is 11.8 Å². The predicted molar refractivity (Wildman–Crippen MR) is 102 cm³/mol. The molecule has 5 nitrogen and oxygen atoms in total. The Kier molecular flexibility index (Phi) is 5.69. The minimum Gasteiger partial charge on any atom is -0.497 e. The maximum Gasteiger partial charge on any atom is 0.247 e. The van der Waals surface area contributed by atoms with Crippen molar-refractivity contribution < 1.29 is 14.3 Å². The van der Waals surface area contributed by atoms with Crippen molar-refractivity contribution in [3.8, 4) is 5.75 Å². The van der Waals surface area contributed by atoms with E-state index in [9.17, 15) is 9.59 Å². The van der Waals surface area contributed by atoms with Crippen molar-refractivity contribution in [2.24, 2.45) is 0 Å². The normalized spacial score (nSPS) is 16.7. The van der Waals surface area contributed by atoms with Crippen LogP contribution in [-0.2, 0) is 9.59 Å². The van der Waals surface area contributed by atoms with E-state index in [1.165, 1.54) is 6.08 Å². The molecule has 0 saturated carbocycles. The Hall–Kier alpha value is -3.08. The van der Waals surface area contributed by atoms with Crippen molar-refractivity contribution in [1.82, 2.24) is 4.90 Å². The summed E-state index contributed by atoms with van der Waals surface area (Å²) >= 11 is 0. The predicted octanol–water partition coefficient (Wildman–Crippen LogP) is 3.34. The Morgan fingerprint density at radius 1 is 1.12 bits per heavy atom. The molecule has 1 aliphatic rings. The standard InChI is InChI=1S/C21H22N2O3/c1-26-18-12-10-17(11-13-18)22-21(25)19-8-5-15-23(19)20(24)14-9-16-6-3-2-4-7-16/h2-4,6-7,9-14,19H,5,8,15H2,1H3,(H,22,25). The van der Waals surface area contributed by atoms with Crippen molar-refractivity contribution >= 4 is 23.6 Å². The molecule has 0 radical (unpaired) electrons. The van der Waals surface area contributed by atoms with Gasteiger partial charge in [0, 0.05) is 18.3 Å². The Bertz CT molecular complexity index is 785. The van der Waals surface area contributed by atoms with E-state index >= 15 is 0 Å². The van der Waals surface area contributed by atoms with Gasteiger partial charge in [-0.05, 0) is 48.7 Å². The molecular weight excluding hydrogens is 328 g/mol. The summed E-state index contributed by atoms with van der Waals surface area (Å²) in [4.78, 5) is 26.7. The summed E-state index contributed by atoms with van der Waals surface area (Å²) in [7, 11) is 1.60. The van der Waals surface area contributed by atoms with E-state index in [0.717, 1.165) is 17.7 Å². The first-order valence-electron chi connectivity index (χ1n) is 8.66. The van der Waals surface area contributed by atoms with Crippen LogP contribution in [0.2, 0.25) is 0 Å². The van der Waals surface area contributed by atoms with E-state index in [1.807, 2.05) is 30.3 Å². The SMILES string of the molecule is COc1ccc(NC(=O)C2CCCN2C(=O)C=Cc2ccccc2)cc1. The molecule has 1 N–H and O–H groups in total. The van der Waals surface area contributed by atoms with Crippen LogP contribution in [0, 0.1) is 0 Å². The van der Waals surface area contributed by atoms with Crippen LogP contribution < -0.4 is 10.1 Å². The number of benzene rings is 2. The van der Waals surface area contributed by atoms with Crippen LogP contribution in [0.25, 0.3) is 6.08 Å². The molecular formula is C21H22N2O3. The molecule has 1 unspecified atom stereocenters. The number of carbonyl (C=O) groups is 2. The topological polar surface area (TPSA) is 58.6 Å². The van der Waals surface area contributed by atoms with Gasteiger partial charge in [0.2, 0.25) is 11.8 Å². The monoisotopic (exact) mass is 350 g/mol. The first-order valence-corrected chi connectivity index (χ1v) is 8.66. The third kappa shape index (κ3) is 4.30. The lowest BCUT2D eigenvalue weighted by atomic mass is 10.2. The van der Waals surface area contributed by atoms with E-state index < -0.39 is 6.04 Å². The fraction of sp³-hybridized carbons (Fsp3) is 0.238. The fourth-order valence-corrected chi connectivity index (χ4v) is 3.03. The number of carbonyl (C=O) groups excluding carboxylic acids is 2. The smallest absolute Gasteiger partial charge is 0.247 e. The number of nitrogens with zero attached hydrogens (tertiary/aromatic N) is 1. The average molecular weight is 350 g/mol. The van der Waals surface area contributed by atoms with Crippen LogP contribution >= 0.6 is 0 Å². The van der Waals surface area contributed by atoms with Crippen molar-refractivity contribution in [2.45, 2.75) is 18.9 Å². The number of anilines is 1. The van der Waals surface area contributed by atoms with Crippen LogP contribution in [0.3, 0.4) is 0 Å². The summed E-state index contributed by atoms with van der Waals surface area (Å²) in [6, 6.07) is 16.3. The average Bonchev–Trinajstić information content (AvgIpc) is 3.17. The second kappa shape index (κ2) is 8.34. The molecule has 134 valence electrons. The number of likely N-dealkylation sites (tertiary alicyclic amines) is 1. The lowest BCUT2D eigenvalue weighted by molar-refractivity contribution is -0.132. The summed E-state index contributed by atoms with van der Waals surface area (Å²) in [6.45, 7) is 0.596. The molecule has 26 heavy (non-hydrogen) atoms. The number of ether oxygens (including phenoxy) is 1. The molecule has 5 heteroatoms.